The Labute approximate surface area is 136 Å². The summed E-state index contributed by atoms with van der Waals surface area (Å²) in [6, 6.07) is 3.43. The van der Waals surface area contributed by atoms with Crippen LogP contribution in [-0.2, 0) is 12.1 Å². The molecule has 0 spiro atoms. The number of hydrogen-bond acceptors (Lipinski definition) is 3. The molecule has 0 aromatic carbocycles. The van der Waals surface area contributed by atoms with Crippen LogP contribution in [0.1, 0.15) is 41.0 Å². The number of aromatic nitrogens is 3. The van der Waals surface area contributed by atoms with E-state index in [2.05, 4.69) is 32.3 Å². The molecule has 0 radical (unpaired) electrons. The highest BCUT2D eigenvalue weighted by Gasteiger charge is 2.31. The zero-order valence-corrected chi connectivity index (χ0v) is 14.6. The molecule has 0 bridgehead atoms. The third-order valence-corrected chi connectivity index (χ3v) is 3.78. The van der Waals surface area contributed by atoms with Crippen LogP contribution in [-0.4, -0.2) is 14.1 Å². The first-order valence-corrected chi connectivity index (χ1v) is 7.80. The first kappa shape index (κ1) is 17.2. The Balaban J connectivity index is 2.89. The van der Waals surface area contributed by atoms with Crippen molar-refractivity contribution >= 4 is 11.0 Å². The first-order valence-electron chi connectivity index (χ1n) is 7.80. The molecule has 0 amide bonds. The molecule has 5 heteroatoms. The van der Waals surface area contributed by atoms with Crippen LogP contribution in [0.2, 0.25) is 0 Å². The van der Waals surface area contributed by atoms with Gasteiger partial charge in [0.2, 0.25) is 0 Å². The average Bonchev–Trinajstić information content (AvgIpc) is 2.40. The second-order valence-corrected chi connectivity index (χ2v) is 7.75. The zero-order valence-electron chi connectivity index (χ0n) is 14.6. The van der Waals surface area contributed by atoms with Crippen molar-refractivity contribution in [2.75, 3.05) is 0 Å². The standard InChI is InChI=1S/C18H25N3O2/c1-7-11-20-15(22)13-9-8-10-19-14(13)21(16(20)23)18(5,6)12-17(2,3)4/h7-10H,1,11-12H2,2-6H3. The molecule has 0 aliphatic carbocycles. The van der Waals surface area contributed by atoms with Gasteiger partial charge in [0.25, 0.3) is 5.56 Å². The van der Waals surface area contributed by atoms with E-state index in [0.717, 1.165) is 6.42 Å². The molecule has 0 aliphatic heterocycles. The van der Waals surface area contributed by atoms with Gasteiger partial charge in [-0.25, -0.2) is 9.78 Å². The molecule has 0 aliphatic rings. The summed E-state index contributed by atoms with van der Waals surface area (Å²) in [6.07, 6.45) is 3.95. The summed E-state index contributed by atoms with van der Waals surface area (Å²) in [5.41, 5.74) is -0.657. The van der Waals surface area contributed by atoms with Gasteiger partial charge < -0.3 is 0 Å². The second-order valence-electron chi connectivity index (χ2n) is 7.75. The summed E-state index contributed by atoms with van der Waals surface area (Å²) >= 11 is 0. The third-order valence-electron chi connectivity index (χ3n) is 3.78. The number of allylic oxidation sites excluding steroid dienone is 1. The van der Waals surface area contributed by atoms with Crippen molar-refractivity contribution in [3.05, 3.63) is 51.8 Å². The van der Waals surface area contributed by atoms with Crippen molar-refractivity contribution in [2.45, 2.75) is 53.1 Å². The minimum absolute atomic E-state index is 0.0312. The highest BCUT2D eigenvalue weighted by atomic mass is 16.2. The maximum atomic E-state index is 13.0. The van der Waals surface area contributed by atoms with E-state index in [1.165, 1.54) is 4.57 Å². The number of hydrogen-bond donors (Lipinski definition) is 0. The summed E-state index contributed by atoms with van der Waals surface area (Å²) in [5.74, 6) is 0. The van der Waals surface area contributed by atoms with Gasteiger partial charge in [-0.1, -0.05) is 26.8 Å². The van der Waals surface area contributed by atoms with Crippen LogP contribution in [0.3, 0.4) is 0 Å². The van der Waals surface area contributed by atoms with Crippen LogP contribution in [0.25, 0.3) is 11.0 Å². The Kier molecular flexibility index (Phi) is 4.33. The third kappa shape index (κ3) is 3.28. The molecule has 0 atom stereocenters. The van der Waals surface area contributed by atoms with E-state index in [1.807, 2.05) is 13.8 Å². The lowest BCUT2D eigenvalue weighted by Crippen LogP contribution is -2.47. The Bertz CT molecular complexity index is 851. The minimum Gasteiger partial charge on any atom is -0.272 e. The molecule has 124 valence electrons. The monoisotopic (exact) mass is 315 g/mol. The lowest BCUT2D eigenvalue weighted by Gasteiger charge is -2.35. The lowest BCUT2D eigenvalue weighted by atomic mass is 9.81. The SMILES string of the molecule is C=CCn1c(=O)c2cccnc2n(C(C)(C)CC(C)(C)C)c1=O. The van der Waals surface area contributed by atoms with Crippen molar-refractivity contribution in [1.29, 1.82) is 0 Å². The quantitative estimate of drug-likeness (QED) is 0.815. The van der Waals surface area contributed by atoms with E-state index in [1.54, 1.807) is 29.0 Å². The molecule has 2 rings (SSSR count). The molecule has 2 heterocycles. The Morgan fingerprint density at radius 3 is 2.43 bits per heavy atom. The van der Waals surface area contributed by atoms with Crippen molar-refractivity contribution in [1.82, 2.24) is 14.1 Å². The van der Waals surface area contributed by atoms with Crippen LogP contribution < -0.4 is 11.2 Å². The van der Waals surface area contributed by atoms with E-state index < -0.39 is 5.54 Å². The number of pyridine rings is 1. The van der Waals surface area contributed by atoms with Crippen LogP contribution >= 0.6 is 0 Å². The molecule has 23 heavy (non-hydrogen) atoms. The van der Waals surface area contributed by atoms with Gasteiger partial charge in [-0.2, -0.15) is 0 Å². The second kappa shape index (κ2) is 5.80. The molecule has 0 saturated heterocycles. The average molecular weight is 315 g/mol. The largest absolute Gasteiger partial charge is 0.333 e. The highest BCUT2D eigenvalue weighted by molar-refractivity contribution is 5.73. The molecular weight excluding hydrogens is 290 g/mol. The summed E-state index contributed by atoms with van der Waals surface area (Å²) in [4.78, 5) is 29.9. The molecule has 5 nitrogen and oxygen atoms in total. The Morgan fingerprint density at radius 1 is 1.22 bits per heavy atom. The van der Waals surface area contributed by atoms with E-state index >= 15 is 0 Å². The molecular formula is C18H25N3O2. The van der Waals surface area contributed by atoms with Crippen molar-refractivity contribution in [2.24, 2.45) is 5.41 Å². The fraction of sp³-hybridized carbons (Fsp3) is 0.500. The van der Waals surface area contributed by atoms with Crippen LogP contribution in [0.5, 0.6) is 0 Å². The predicted molar refractivity (Wildman–Crippen MR) is 93.9 cm³/mol. The normalized spacial score (nSPS) is 12.6. The smallest absolute Gasteiger partial charge is 0.272 e. The molecule has 0 saturated carbocycles. The van der Waals surface area contributed by atoms with Gasteiger partial charge in [-0.15, -0.1) is 6.58 Å². The van der Waals surface area contributed by atoms with Crippen molar-refractivity contribution in [3.63, 3.8) is 0 Å². The zero-order chi connectivity index (χ0) is 17.4. The maximum absolute atomic E-state index is 13.0. The van der Waals surface area contributed by atoms with Crippen molar-refractivity contribution < 1.29 is 0 Å². The number of fused-ring (bicyclic) bond motifs is 1. The van der Waals surface area contributed by atoms with Crippen molar-refractivity contribution in [3.8, 4) is 0 Å². The maximum Gasteiger partial charge on any atom is 0.333 e. The van der Waals surface area contributed by atoms with E-state index in [9.17, 15) is 9.59 Å². The Hall–Kier alpha value is -2.17. The molecule has 0 fully saturated rings. The highest BCUT2D eigenvalue weighted by Crippen LogP contribution is 2.32. The summed E-state index contributed by atoms with van der Waals surface area (Å²) in [7, 11) is 0. The van der Waals surface area contributed by atoms with Gasteiger partial charge in [-0.05, 0) is 37.8 Å². The molecule has 0 unspecified atom stereocenters. The van der Waals surface area contributed by atoms with Gasteiger partial charge in [-0.3, -0.25) is 13.9 Å². The van der Waals surface area contributed by atoms with E-state index in [4.69, 9.17) is 0 Å². The molecule has 2 aromatic heterocycles. The van der Waals surface area contributed by atoms with Gasteiger partial charge in [0.1, 0.15) is 5.65 Å². The lowest BCUT2D eigenvalue weighted by molar-refractivity contribution is 0.210. The number of nitrogens with zero attached hydrogens (tertiary/aromatic N) is 3. The van der Waals surface area contributed by atoms with Crippen LogP contribution in [0.15, 0.2) is 40.6 Å². The van der Waals surface area contributed by atoms with Gasteiger partial charge in [0, 0.05) is 18.3 Å². The fourth-order valence-electron chi connectivity index (χ4n) is 3.40. The summed E-state index contributed by atoms with van der Waals surface area (Å²) < 4.78 is 2.87. The molecule has 2 aromatic rings. The topological polar surface area (TPSA) is 56.9 Å². The Morgan fingerprint density at radius 2 is 1.87 bits per heavy atom. The minimum atomic E-state index is -0.474. The van der Waals surface area contributed by atoms with Gasteiger partial charge in [0.15, 0.2) is 0 Å². The molecule has 0 N–H and O–H groups in total. The van der Waals surface area contributed by atoms with E-state index in [0.29, 0.717) is 11.0 Å². The van der Waals surface area contributed by atoms with Crippen LogP contribution in [0.4, 0.5) is 0 Å². The number of rotatable bonds is 4. The van der Waals surface area contributed by atoms with Crippen LogP contribution in [0, 0.1) is 5.41 Å². The van der Waals surface area contributed by atoms with Gasteiger partial charge >= 0.3 is 5.69 Å². The fourth-order valence-corrected chi connectivity index (χ4v) is 3.40. The summed E-state index contributed by atoms with van der Waals surface area (Å²) in [6.45, 7) is 14.3. The predicted octanol–water partition coefficient (Wildman–Crippen LogP) is 2.92. The first-order chi connectivity index (χ1) is 10.6. The van der Waals surface area contributed by atoms with E-state index in [-0.39, 0.29) is 23.2 Å². The van der Waals surface area contributed by atoms with Gasteiger partial charge in [0.05, 0.1) is 5.39 Å². The summed E-state index contributed by atoms with van der Waals surface area (Å²) in [5, 5.41) is 0.455.